The molecule has 0 fully saturated rings. The van der Waals surface area contributed by atoms with Gasteiger partial charge in [0.25, 0.3) is 11.6 Å². The van der Waals surface area contributed by atoms with Gasteiger partial charge >= 0.3 is 5.97 Å². The number of nitrogens with one attached hydrogen (secondary N) is 1. The molecule has 10 heteroatoms. The Labute approximate surface area is 216 Å². The summed E-state index contributed by atoms with van der Waals surface area (Å²) in [6, 6.07) is 17.9. The molecule has 0 aromatic heterocycles. The van der Waals surface area contributed by atoms with E-state index in [0.29, 0.717) is 16.9 Å². The number of nitro benzene ring substituents is 1. The molecule has 3 aromatic rings. The molecule has 0 heterocycles. The number of non-ortho nitro benzene ring substituents is 1. The number of nitrogens with zero attached hydrogens (tertiary/aromatic N) is 1. The summed E-state index contributed by atoms with van der Waals surface area (Å²) in [6.07, 6.45) is 1.38. The number of hydrogen-bond donors (Lipinski definition) is 2. The fourth-order valence-corrected chi connectivity index (χ4v) is 4.90. The van der Waals surface area contributed by atoms with Gasteiger partial charge < -0.3 is 15.2 Å². The van der Waals surface area contributed by atoms with Gasteiger partial charge in [0.1, 0.15) is 18.1 Å². The van der Waals surface area contributed by atoms with Crippen LogP contribution in [0, 0.1) is 17.3 Å². The molecular formula is C23H16I2N2O6. The van der Waals surface area contributed by atoms with Crippen molar-refractivity contribution < 1.29 is 24.4 Å². The number of carbonyl (C=O) groups excluding carboxylic acids is 1. The van der Waals surface area contributed by atoms with Gasteiger partial charge in [-0.2, -0.15) is 0 Å². The summed E-state index contributed by atoms with van der Waals surface area (Å²) in [6.45, 7) is 0.215. The van der Waals surface area contributed by atoms with Gasteiger partial charge in [-0.3, -0.25) is 14.9 Å². The number of carboxylic acids is 1. The van der Waals surface area contributed by atoms with Gasteiger partial charge in [-0.25, -0.2) is 4.79 Å². The molecule has 0 radical (unpaired) electrons. The molecule has 0 aliphatic heterocycles. The number of carbonyl (C=O) groups is 2. The van der Waals surface area contributed by atoms with Crippen molar-refractivity contribution in [3.63, 3.8) is 0 Å². The van der Waals surface area contributed by atoms with Crippen molar-refractivity contribution in [3.05, 3.63) is 106 Å². The van der Waals surface area contributed by atoms with Crippen LogP contribution in [0.15, 0.2) is 72.4 Å². The first-order chi connectivity index (χ1) is 15.7. The van der Waals surface area contributed by atoms with Crippen molar-refractivity contribution >= 4 is 68.8 Å². The second-order valence-electron chi connectivity index (χ2n) is 6.71. The van der Waals surface area contributed by atoms with Crippen LogP contribution < -0.4 is 10.1 Å². The highest BCUT2D eigenvalue weighted by Crippen LogP contribution is 2.30. The van der Waals surface area contributed by atoms with E-state index in [1.807, 2.05) is 0 Å². The van der Waals surface area contributed by atoms with Crippen LogP contribution in [0.3, 0.4) is 0 Å². The molecule has 3 rings (SSSR count). The summed E-state index contributed by atoms with van der Waals surface area (Å²) >= 11 is 4.17. The SMILES string of the molecule is O=C(O)C(=Cc1cc(I)c(OCc2ccc([N+](=O)[O-])cc2)c(I)c1)NC(=O)c1ccccc1. The molecule has 3 aromatic carbocycles. The maximum Gasteiger partial charge on any atom is 0.352 e. The van der Waals surface area contributed by atoms with Crippen LogP contribution in [-0.4, -0.2) is 21.9 Å². The standard InChI is InChI=1S/C23H16I2N2O6/c24-18-10-15(12-20(23(29)30)26-22(28)16-4-2-1-3-5-16)11-19(25)21(18)33-13-14-6-8-17(9-7-14)27(31)32/h1-12H,13H2,(H,26,28)(H,29,30). The minimum absolute atomic E-state index is 0.00708. The van der Waals surface area contributed by atoms with Gasteiger partial charge in [-0.15, -0.1) is 0 Å². The molecule has 0 bridgehead atoms. The molecular weight excluding hydrogens is 654 g/mol. The van der Waals surface area contributed by atoms with E-state index in [1.54, 1.807) is 54.6 Å². The Balaban J connectivity index is 1.77. The van der Waals surface area contributed by atoms with E-state index in [-0.39, 0.29) is 18.0 Å². The fraction of sp³-hybridized carbons (Fsp3) is 0.0435. The lowest BCUT2D eigenvalue weighted by Gasteiger charge is -2.12. The maximum atomic E-state index is 12.3. The van der Waals surface area contributed by atoms with E-state index in [1.165, 1.54) is 18.2 Å². The number of amides is 1. The third kappa shape index (κ3) is 6.74. The molecule has 1 amide bonds. The second-order valence-corrected chi connectivity index (χ2v) is 9.03. The van der Waals surface area contributed by atoms with Crippen LogP contribution in [0.5, 0.6) is 5.75 Å². The average molecular weight is 670 g/mol. The van der Waals surface area contributed by atoms with Gasteiger partial charge in [-0.1, -0.05) is 18.2 Å². The van der Waals surface area contributed by atoms with Crippen molar-refractivity contribution in [2.24, 2.45) is 0 Å². The maximum absolute atomic E-state index is 12.3. The number of rotatable bonds is 8. The Morgan fingerprint density at radius 2 is 1.64 bits per heavy atom. The van der Waals surface area contributed by atoms with Gasteiger partial charge in [0, 0.05) is 17.7 Å². The van der Waals surface area contributed by atoms with E-state index >= 15 is 0 Å². The largest absolute Gasteiger partial charge is 0.487 e. The number of benzene rings is 3. The van der Waals surface area contributed by atoms with Crippen molar-refractivity contribution in [3.8, 4) is 5.75 Å². The molecule has 0 saturated heterocycles. The van der Waals surface area contributed by atoms with Crippen LogP contribution in [0.4, 0.5) is 5.69 Å². The van der Waals surface area contributed by atoms with Gasteiger partial charge in [0.05, 0.1) is 12.1 Å². The third-order valence-electron chi connectivity index (χ3n) is 4.38. The number of ether oxygens (including phenoxy) is 1. The first-order valence-corrected chi connectivity index (χ1v) is 11.6. The quantitative estimate of drug-likeness (QED) is 0.147. The normalized spacial score (nSPS) is 11.0. The Morgan fingerprint density at radius 3 is 2.18 bits per heavy atom. The number of halogens is 2. The lowest BCUT2D eigenvalue weighted by Crippen LogP contribution is -2.27. The fourth-order valence-electron chi connectivity index (χ4n) is 2.77. The van der Waals surface area contributed by atoms with Crippen molar-refractivity contribution in [2.75, 3.05) is 0 Å². The zero-order chi connectivity index (χ0) is 24.0. The predicted molar refractivity (Wildman–Crippen MR) is 139 cm³/mol. The molecule has 0 atom stereocenters. The van der Waals surface area contributed by atoms with Crippen LogP contribution in [-0.2, 0) is 11.4 Å². The van der Waals surface area contributed by atoms with E-state index < -0.39 is 16.8 Å². The third-order valence-corrected chi connectivity index (χ3v) is 5.98. The summed E-state index contributed by atoms with van der Waals surface area (Å²) in [4.78, 5) is 34.3. The van der Waals surface area contributed by atoms with Crippen LogP contribution in [0.1, 0.15) is 21.5 Å². The molecule has 2 N–H and O–H groups in total. The molecule has 0 aliphatic rings. The Hall–Kier alpha value is -3.00. The molecule has 0 saturated carbocycles. The van der Waals surface area contributed by atoms with Crippen molar-refractivity contribution in [1.29, 1.82) is 0 Å². The number of carboxylic acid groups (broad SMARTS) is 1. The van der Waals surface area contributed by atoms with Crippen LogP contribution in [0.25, 0.3) is 6.08 Å². The summed E-state index contributed by atoms with van der Waals surface area (Å²) in [5.41, 5.74) is 1.46. The Morgan fingerprint density at radius 1 is 1.03 bits per heavy atom. The predicted octanol–water partition coefficient (Wildman–Crippen LogP) is 5.24. The number of hydrogen-bond acceptors (Lipinski definition) is 5. The molecule has 0 unspecified atom stereocenters. The zero-order valence-corrected chi connectivity index (χ0v) is 21.1. The van der Waals surface area contributed by atoms with Gasteiger partial charge in [0.15, 0.2) is 0 Å². The first kappa shape index (κ1) is 24.6. The lowest BCUT2D eigenvalue weighted by molar-refractivity contribution is -0.384. The molecule has 0 spiro atoms. The molecule has 33 heavy (non-hydrogen) atoms. The highest BCUT2D eigenvalue weighted by atomic mass is 127. The topological polar surface area (TPSA) is 119 Å². The summed E-state index contributed by atoms with van der Waals surface area (Å²) < 4.78 is 7.38. The summed E-state index contributed by atoms with van der Waals surface area (Å²) in [7, 11) is 0. The van der Waals surface area contributed by atoms with E-state index in [4.69, 9.17) is 4.74 Å². The number of aliphatic carboxylic acids is 1. The van der Waals surface area contributed by atoms with E-state index in [0.717, 1.165) is 12.7 Å². The summed E-state index contributed by atoms with van der Waals surface area (Å²) in [5, 5.41) is 22.7. The second kappa shape index (κ2) is 11.2. The lowest BCUT2D eigenvalue weighted by atomic mass is 10.1. The smallest absolute Gasteiger partial charge is 0.352 e. The molecule has 168 valence electrons. The highest BCUT2D eigenvalue weighted by Gasteiger charge is 2.15. The Bertz CT molecular complexity index is 1200. The van der Waals surface area contributed by atoms with Crippen LogP contribution >= 0.6 is 45.2 Å². The Kier molecular flexibility index (Phi) is 8.38. The molecule has 0 aliphatic carbocycles. The molecule has 8 nitrogen and oxygen atoms in total. The highest BCUT2D eigenvalue weighted by molar-refractivity contribution is 14.1. The zero-order valence-electron chi connectivity index (χ0n) is 16.8. The van der Waals surface area contributed by atoms with Gasteiger partial charge in [-0.05, 0) is 98.8 Å². The minimum Gasteiger partial charge on any atom is -0.487 e. The van der Waals surface area contributed by atoms with Gasteiger partial charge in [0.2, 0.25) is 0 Å². The minimum atomic E-state index is -1.26. The van der Waals surface area contributed by atoms with Crippen molar-refractivity contribution in [2.45, 2.75) is 6.61 Å². The average Bonchev–Trinajstić information content (AvgIpc) is 2.78. The monoisotopic (exact) mass is 670 g/mol. The number of nitro groups is 1. The van der Waals surface area contributed by atoms with Crippen LogP contribution in [0.2, 0.25) is 0 Å². The summed E-state index contributed by atoms with van der Waals surface area (Å²) in [5.74, 6) is -1.17. The van der Waals surface area contributed by atoms with Crippen molar-refractivity contribution in [1.82, 2.24) is 5.32 Å². The van der Waals surface area contributed by atoms with E-state index in [9.17, 15) is 24.8 Å². The van der Waals surface area contributed by atoms with E-state index in [2.05, 4.69) is 50.5 Å². The first-order valence-electron chi connectivity index (χ1n) is 9.41.